The second-order valence-corrected chi connectivity index (χ2v) is 5.97. The summed E-state index contributed by atoms with van der Waals surface area (Å²) in [4.78, 5) is 4.01. The highest BCUT2D eigenvalue weighted by atomic mass is 35.5. The van der Waals surface area contributed by atoms with Gasteiger partial charge < -0.3 is 4.74 Å². The van der Waals surface area contributed by atoms with E-state index in [-0.39, 0.29) is 16.7 Å². The van der Waals surface area contributed by atoms with Crippen LogP contribution in [-0.2, 0) is 14.8 Å². The quantitative estimate of drug-likeness (QED) is 0.625. The predicted molar refractivity (Wildman–Crippen MR) is 76.2 cm³/mol. The average molecular weight is 316 g/mol. The van der Waals surface area contributed by atoms with Crippen molar-refractivity contribution in [2.75, 3.05) is 13.2 Å². The molecule has 0 aromatic carbocycles. The van der Waals surface area contributed by atoms with Gasteiger partial charge in [-0.05, 0) is 18.6 Å². The largest absolute Gasteiger partial charge is 0.502 e. The van der Waals surface area contributed by atoms with E-state index in [9.17, 15) is 8.42 Å². The van der Waals surface area contributed by atoms with E-state index in [0.29, 0.717) is 18.7 Å². The maximum atomic E-state index is 12.2. The summed E-state index contributed by atoms with van der Waals surface area (Å²) in [6.45, 7) is 4.04. The van der Waals surface area contributed by atoms with Gasteiger partial charge in [-0.15, -0.1) is 0 Å². The van der Waals surface area contributed by atoms with Crippen LogP contribution in [0, 0.1) is 0 Å². The van der Waals surface area contributed by atoms with Crippen LogP contribution in [0.5, 0.6) is 0 Å². The fourth-order valence-electron chi connectivity index (χ4n) is 1.70. The van der Waals surface area contributed by atoms with Crippen LogP contribution in [0.25, 0.3) is 5.65 Å². The lowest BCUT2D eigenvalue weighted by atomic mass is 10.5. The Labute approximate surface area is 122 Å². The maximum Gasteiger partial charge on any atom is 0.259 e. The number of ether oxygens (including phenoxy) is 1. The van der Waals surface area contributed by atoms with Crippen molar-refractivity contribution < 1.29 is 13.2 Å². The van der Waals surface area contributed by atoms with Crippen LogP contribution in [0.2, 0.25) is 5.15 Å². The van der Waals surface area contributed by atoms with Gasteiger partial charge in [0.25, 0.3) is 10.0 Å². The molecule has 2 heterocycles. The fraction of sp³-hybridized carbons (Fsp3) is 0.250. The molecule has 8 heteroatoms. The van der Waals surface area contributed by atoms with Crippen molar-refractivity contribution in [3.63, 3.8) is 0 Å². The minimum atomic E-state index is -3.72. The van der Waals surface area contributed by atoms with E-state index in [1.54, 1.807) is 24.4 Å². The van der Waals surface area contributed by atoms with Crippen LogP contribution in [0.4, 0.5) is 0 Å². The number of hydrogen-bond donors (Lipinski definition) is 1. The molecule has 2 rings (SSSR count). The Morgan fingerprint density at radius 1 is 1.50 bits per heavy atom. The van der Waals surface area contributed by atoms with Crippen molar-refractivity contribution in [1.82, 2.24) is 14.1 Å². The van der Waals surface area contributed by atoms with E-state index in [1.165, 1.54) is 10.7 Å². The Bertz CT molecular complexity index is 712. The molecule has 108 valence electrons. The Kier molecular flexibility index (Phi) is 4.64. The number of rotatable bonds is 7. The van der Waals surface area contributed by atoms with Crippen molar-refractivity contribution in [3.05, 3.63) is 42.4 Å². The van der Waals surface area contributed by atoms with Crippen molar-refractivity contribution >= 4 is 27.3 Å². The van der Waals surface area contributed by atoms with Gasteiger partial charge in [-0.2, -0.15) is 0 Å². The number of pyridine rings is 1. The first-order chi connectivity index (χ1) is 9.56. The molecule has 0 saturated carbocycles. The minimum absolute atomic E-state index is 0.0500. The molecule has 2 aromatic rings. The van der Waals surface area contributed by atoms with E-state index in [0.717, 1.165) is 0 Å². The third-order valence-corrected chi connectivity index (χ3v) is 4.41. The summed E-state index contributed by atoms with van der Waals surface area (Å²) in [6, 6.07) is 5.15. The molecule has 0 atom stereocenters. The van der Waals surface area contributed by atoms with E-state index in [1.807, 2.05) is 0 Å². The minimum Gasteiger partial charge on any atom is -0.502 e. The molecular weight excluding hydrogens is 302 g/mol. The summed E-state index contributed by atoms with van der Waals surface area (Å²) in [5, 5.41) is -0.106. The molecule has 0 aliphatic carbocycles. The van der Waals surface area contributed by atoms with E-state index in [2.05, 4.69) is 16.3 Å². The lowest BCUT2D eigenvalue weighted by molar-refractivity contribution is 0.247. The predicted octanol–water partition coefficient (Wildman–Crippen LogP) is 1.82. The van der Waals surface area contributed by atoms with Crippen LogP contribution < -0.4 is 4.72 Å². The lowest BCUT2D eigenvalue weighted by Gasteiger charge is -2.06. The molecule has 1 N–H and O–H groups in total. The third-order valence-electron chi connectivity index (χ3n) is 2.55. The molecule has 0 saturated heterocycles. The summed E-state index contributed by atoms with van der Waals surface area (Å²) < 4.78 is 33.3. The average Bonchev–Trinajstić information content (AvgIpc) is 2.75. The molecule has 0 aliphatic rings. The SMILES string of the molecule is C=COCCCNS(=O)(=O)c1c(Cl)nc2ccccn12. The van der Waals surface area contributed by atoms with Crippen molar-refractivity contribution in [2.24, 2.45) is 0 Å². The highest BCUT2D eigenvalue weighted by Gasteiger charge is 2.23. The molecule has 0 bridgehead atoms. The van der Waals surface area contributed by atoms with E-state index >= 15 is 0 Å². The summed E-state index contributed by atoms with van der Waals surface area (Å²) in [5.41, 5.74) is 0.480. The smallest absolute Gasteiger partial charge is 0.259 e. The summed E-state index contributed by atoms with van der Waals surface area (Å²) in [5.74, 6) is 0. The standard InChI is InChI=1S/C12H14ClN3O3S/c1-2-19-9-5-7-14-20(17,18)12-11(13)15-10-6-3-4-8-16(10)12/h2-4,6,8,14H,1,5,7,9H2. The van der Waals surface area contributed by atoms with Crippen LogP contribution in [-0.4, -0.2) is 31.0 Å². The Balaban J connectivity index is 2.19. The van der Waals surface area contributed by atoms with Crippen LogP contribution in [0.15, 0.2) is 42.3 Å². The zero-order valence-electron chi connectivity index (χ0n) is 10.6. The molecule has 0 amide bonds. The van der Waals surface area contributed by atoms with Gasteiger partial charge in [0.05, 0.1) is 12.9 Å². The molecule has 20 heavy (non-hydrogen) atoms. The Morgan fingerprint density at radius 2 is 2.30 bits per heavy atom. The van der Waals surface area contributed by atoms with Gasteiger partial charge in [-0.3, -0.25) is 4.40 Å². The summed E-state index contributed by atoms with van der Waals surface area (Å²) >= 11 is 5.93. The number of imidazole rings is 1. The Hall–Kier alpha value is -1.57. The van der Waals surface area contributed by atoms with Crippen molar-refractivity contribution in [3.8, 4) is 0 Å². The highest BCUT2D eigenvalue weighted by molar-refractivity contribution is 7.89. The molecular formula is C12H14ClN3O3S. The molecule has 0 fully saturated rings. The topological polar surface area (TPSA) is 72.7 Å². The fourth-order valence-corrected chi connectivity index (χ4v) is 3.41. The molecule has 0 unspecified atom stereocenters. The van der Waals surface area contributed by atoms with Gasteiger partial charge in [0, 0.05) is 12.7 Å². The second-order valence-electron chi connectivity index (χ2n) is 3.93. The highest BCUT2D eigenvalue weighted by Crippen LogP contribution is 2.22. The molecule has 0 radical (unpaired) electrons. The number of fused-ring (bicyclic) bond motifs is 1. The zero-order chi connectivity index (χ0) is 14.6. The number of nitrogens with zero attached hydrogens (tertiary/aromatic N) is 2. The monoisotopic (exact) mass is 315 g/mol. The first-order valence-electron chi connectivity index (χ1n) is 5.91. The number of halogens is 1. The lowest BCUT2D eigenvalue weighted by Crippen LogP contribution is -2.26. The number of sulfonamides is 1. The normalized spacial score (nSPS) is 11.7. The molecule has 0 aliphatic heterocycles. The zero-order valence-corrected chi connectivity index (χ0v) is 12.2. The van der Waals surface area contributed by atoms with Crippen LogP contribution in [0.3, 0.4) is 0 Å². The maximum absolute atomic E-state index is 12.2. The molecule has 2 aromatic heterocycles. The summed E-state index contributed by atoms with van der Waals surface area (Å²) in [7, 11) is -3.72. The Morgan fingerprint density at radius 3 is 3.05 bits per heavy atom. The van der Waals surface area contributed by atoms with Crippen molar-refractivity contribution in [1.29, 1.82) is 0 Å². The first-order valence-corrected chi connectivity index (χ1v) is 7.77. The number of aromatic nitrogens is 2. The van der Waals surface area contributed by atoms with Gasteiger partial charge in [0.15, 0.2) is 10.2 Å². The van der Waals surface area contributed by atoms with Crippen molar-refractivity contribution in [2.45, 2.75) is 11.4 Å². The molecule has 6 nitrogen and oxygen atoms in total. The van der Waals surface area contributed by atoms with E-state index < -0.39 is 10.0 Å². The van der Waals surface area contributed by atoms with Crippen LogP contribution in [0.1, 0.15) is 6.42 Å². The van der Waals surface area contributed by atoms with Gasteiger partial charge in [-0.1, -0.05) is 24.2 Å². The number of nitrogens with one attached hydrogen (secondary N) is 1. The summed E-state index contributed by atoms with van der Waals surface area (Å²) in [6.07, 6.45) is 3.44. The van der Waals surface area contributed by atoms with Crippen LogP contribution >= 0.6 is 11.6 Å². The third kappa shape index (κ3) is 3.12. The van der Waals surface area contributed by atoms with Gasteiger partial charge >= 0.3 is 0 Å². The number of hydrogen-bond acceptors (Lipinski definition) is 4. The van der Waals surface area contributed by atoms with Gasteiger partial charge in [0.1, 0.15) is 5.65 Å². The molecule has 0 spiro atoms. The second kappa shape index (κ2) is 6.25. The van der Waals surface area contributed by atoms with Gasteiger partial charge in [-0.25, -0.2) is 18.1 Å². The van der Waals surface area contributed by atoms with Gasteiger partial charge in [0.2, 0.25) is 0 Å². The first kappa shape index (κ1) is 14.8. The van der Waals surface area contributed by atoms with E-state index in [4.69, 9.17) is 16.3 Å².